The second kappa shape index (κ2) is 2.86. The molecule has 12 heavy (non-hydrogen) atoms. The number of carbonyl (C=O) groups is 1. The van der Waals surface area contributed by atoms with E-state index in [1.54, 1.807) is 0 Å². The number of hydrogen-bond donors (Lipinski definition) is 0. The van der Waals surface area contributed by atoms with Crippen LogP contribution in [0.1, 0.15) is 39.5 Å². The molecule has 2 aliphatic rings. The Morgan fingerprint density at radius 2 is 1.92 bits per heavy atom. The molecule has 0 aromatic rings. The van der Waals surface area contributed by atoms with E-state index in [0.717, 1.165) is 18.3 Å². The fraction of sp³-hybridized carbons (Fsp3) is 0.909. The first kappa shape index (κ1) is 8.28. The molecule has 0 N–H and O–H groups in total. The first-order valence-electron chi connectivity index (χ1n) is 5.26. The average molecular weight is 166 g/mol. The van der Waals surface area contributed by atoms with E-state index in [1.165, 1.54) is 19.3 Å². The molecular formula is C11H18O. The molecule has 1 heteroatoms. The molecule has 0 radical (unpaired) electrons. The van der Waals surface area contributed by atoms with Crippen LogP contribution < -0.4 is 0 Å². The van der Waals surface area contributed by atoms with E-state index in [0.29, 0.717) is 17.6 Å². The van der Waals surface area contributed by atoms with Crippen molar-refractivity contribution < 1.29 is 4.79 Å². The molecule has 3 unspecified atom stereocenters. The predicted molar refractivity (Wildman–Crippen MR) is 48.8 cm³/mol. The largest absolute Gasteiger partial charge is 0.299 e. The van der Waals surface area contributed by atoms with E-state index >= 15 is 0 Å². The molecule has 0 saturated heterocycles. The summed E-state index contributed by atoms with van der Waals surface area (Å²) >= 11 is 0. The minimum Gasteiger partial charge on any atom is -0.299 e. The molecular weight excluding hydrogens is 148 g/mol. The number of hydrogen-bond acceptors (Lipinski definition) is 1. The van der Waals surface area contributed by atoms with E-state index < -0.39 is 0 Å². The van der Waals surface area contributed by atoms with Crippen molar-refractivity contribution in [2.75, 3.05) is 0 Å². The van der Waals surface area contributed by atoms with Gasteiger partial charge in [0.15, 0.2) is 0 Å². The van der Waals surface area contributed by atoms with Crippen LogP contribution in [-0.2, 0) is 4.79 Å². The van der Waals surface area contributed by atoms with Crippen molar-refractivity contribution in [2.24, 2.45) is 23.7 Å². The highest BCUT2D eigenvalue weighted by molar-refractivity contribution is 5.83. The number of Topliss-reactive ketones (excluding diaryl/α,β-unsaturated/α-hetero) is 1. The van der Waals surface area contributed by atoms with E-state index in [2.05, 4.69) is 13.8 Å². The van der Waals surface area contributed by atoms with Gasteiger partial charge in [-0.2, -0.15) is 0 Å². The Bertz CT molecular complexity index is 187. The Balaban J connectivity index is 1.88. The smallest absolute Gasteiger partial charge is 0.138 e. The molecule has 2 rings (SSSR count). The third kappa shape index (κ3) is 1.30. The van der Waals surface area contributed by atoms with Crippen LogP contribution in [0.3, 0.4) is 0 Å². The van der Waals surface area contributed by atoms with E-state index in [9.17, 15) is 4.79 Å². The maximum Gasteiger partial charge on any atom is 0.138 e. The zero-order valence-electron chi connectivity index (χ0n) is 8.05. The van der Waals surface area contributed by atoms with Gasteiger partial charge in [0, 0.05) is 11.8 Å². The summed E-state index contributed by atoms with van der Waals surface area (Å²) in [6.45, 7) is 4.19. The lowest BCUT2D eigenvalue weighted by atomic mass is 9.89. The van der Waals surface area contributed by atoms with Gasteiger partial charge in [0.25, 0.3) is 0 Å². The molecule has 2 aliphatic carbocycles. The summed E-state index contributed by atoms with van der Waals surface area (Å²) in [4.78, 5) is 11.7. The standard InChI is InChI=1S/C11H18O/c1-3-7(2)11(12)10-5-8-4-9(8)6-10/h7-10H,3-6H2,1-2H3. The Hall–Kier alpha value is -0.330. The third-order valence-corrected chi connectivity index (χ3v) is 3.74. The average Bonchev–Trinajstić information content (AvgIpc) is 2.71. The van der Waals surface area contributed by atoms with Gasteiger partial charge in [-0.05, 0) is 37.5 Å². The van der Waals surface area contributed by atoms with Crippen molar-refractivity contribution in [1.82, 2.24) is 0 Å². The van der Waals surface area contributed by atoms with Crippen LogP contribution in [0.5, 0.6) is 0 Å². The molecule has 0 aromatic heterocycles. The topological polar surface area (TPSA) is 17.1 Å². The molecule has 2 fully saturated rings. The first-order chi connectivity index (χ1) is 5.72. The number of fused-ring (bicyclic) bond motifs is 1. The summed E-state index contributed by atoms with van der Waals surface area (Å²) in [6, 6.07) is 0. The van der Waals surface area contributed by atoms with Gasteiger partial charge in [0.05, 0.1) is 0 Å². The van der Waals surface area contributed by atoms with Crippen molar-refractivity contribution in [2.45, 2.75) is 39.5 Å². The molecule has 68 valence electrons. The second-order valence-corrected chi connectivity index (χ2v) is 4.64. The van der Waals surface area contributed by atoms with Crippen molar-refractivity contribution in [3.8, 4) is 0 Å². The second-order valence-electron chi connectivity index (χ2n) is 4.64. The van der Waals surface area contributed by atoms with E-state index in [-0.39, 0.29) is 0 Å². The quantitative estimate of drug-likeness (QED) is 0.630. The Morgan fingerprint density at radius 1 is 1.33 bits per heavy atom. The zero-order chi connectivity index (χ0) is 8.72. The number of carbonyl (C=O) groups excluding carboxylic acids is 1. The van der Waals surface area contributed by atoms with Crippen LogP contribution in [0.25, 0.3) is 0 Å². The highest BCUT2D eigenvalue weighted by Gasteiger charge is 2.48. The molecule has 2 saturated carbocycles. The molecule has 0 spiro atoms. The van der Waals surface area contributed by atoms with Gasteiger partial charge in [-0.15, -0.1) is 0 Å². The molecule has 0 aliphatic heterocycles. The number of rotatable bonds is 3. The maximum absolute atomic E-state index is 11.7. The zero-order valence-corrected chi connectivity index (χ0v) is 8.05. The van der Waals surface area contributed by atoms with Gasteiger partial charge in [-0.25, -0.2) is 0 Å². The minimum absolute atomic E-state index is 0.312. The highest BCUT2D eigenvalue weighted by atomic mass is 16.1. The molecule has 3 atom stereocenters. The Kier molecular flexibility index (Phi) is 1.97. The lowest BCUT2D eigenvalue weighted by Gasteiger charge is -2.14. The lowest BCUT2D eigenvalue weighted by Crippen LogP contribution is -2.19. The summed E-state index contributed by atoms with van der Waals surface area (Å²) in [5.41, 5.74) is 0. The molecule has 0 bridgehead atoms. The molecule has 0 heterocycles. The number of ketones is 1. The van der Waals surface area contributed by atoms with E-state index in [4.69, 9.17) is 0 Å². The lowest BCUT2D eigenvalue weighted by molar-refractivity contribution is -0.126. The summed E-state index contributed by atoms with van der Waals surface area (Å²) in [6.07, 6.45) is 4.87. The van der Waals surface area contributed by atoms with Crippen LogP contribution in [0.4, 0.5) is 0 Å². The van der Waals surface area contributed by atoms with Gasteiger partial charge < -0.3 is 0 Å². The summed E-state index contributed by atoms with van der Waals surface area (Å²) in [5, 5.41) is 0. The SMILES string of the molecule is CCC(C)C(=O)C1CC2CC2C1. The summed E-state index contributed by atoms with van der Waals surface area (Å²) in [5.74, 6) is 3.20. The molecule has 0 aromatic carbocycles. The van der Waals surface area contributed by atoms with Gasteiger partial charge in [0.1, 0.15) is 5.78 Å². The fourth-order valence-corrected chi connectivity index (χ4v) is 2.55. The van der Waals surface area contributed by atoms with Gasteiger partial charge in [-0.3, -0.25) is 4.79 Å². The minimum atomic E-state index is 0.312. The fourth-order valence-electron chi connectivity index (χ4n) is 2.55. The Morgan fingerprint density at radius 3 is 2.42 bits per heavy atom. The van der Waals surface area contributed by atoms with Crippen LogP contribution in [0.2, 0.25) is 0 Å². The normalized spacial score (nSPS) is 40.7. The van der Waals surface area contributed by atoms with Crippen molar-refractivity contribution >= 4 is 5.78 Å². The molecule has 1 nitrogen and oxygen atoms in total. The van der Waals surface area contributed by atoms with Gasteiger partial charge in [-0.1, -0.05) is 13.8 Å². The predicted octanol–water partition coefficient (Wildman–Crippen LogP) is 2.65. The molecule has 0 amide bonds. The first-order valence-corrected chi connectivity index (χ1v) is 5.26. The third-order valence-electron chi connectivity index (χ3n) is 3.74. The Labute approximate surface area is 74.5 Å². The van der Waals surface area contributed by atoms with Crippen LogP contribution in [0, 0.1) is 23.7 Å². The van der Waals surface area contributed by atoms with Crippen LogP contribution in [-0.4, -0.2) is 5.78 Å². The summed E-state index contributed by atoms with van der Waals surface area (Å²) < 4.78 is 0. The van der Waals surface area contributed by atoms with Crippen molar-refractivity contribution in [1.29, 1.82) is 0 Å². The maximum atomic E-state index is 11.7. The van der Waals surface area contributed by atoms with Crippen LogP contribution in [0.15, 0.2) is 0 Å². The van der Waals surface area contributed by atoms with Crippen LogP contribution >= 0.6 is 0 Å². The van der Waals surface area contributed by atoms with Gasteiger partial charge in [0.2, 0.25) is 0 Å². The van der Waals surface area contributed by atoms with Gasteiger partial charge >= 0.3 is 0 Å². The van der Waals surface area contributed by atoms with E-state index in [1.807, 2.05) is 0 Å². The summed E-state index contributed by atoms with van der Waals surface area (Å²) in [7, 11) is 0. The highest BCUT2D eigenvalue weighted by Crippen LogP contribution is 2.54. The van der Waals surface area contributed by atoms with Crippen molar-refractivity contribution in [3.63, 3.8) is 0 Å². The monoisotopic (exact) mass is 166 g/mol. The van der Waals surface area contributed by atoms with Crippen molar-refractivity contribution in [3.05, 3.63) is 0 Å².